The summed E-state index contributed by atoms with van der Waals surface area (Å²) in [4.78, 5) is 24.3. The maximum absolute atomic E-state index is 12.2. The van der Waals surface area contributed by atoms with Gasteiger partial charge in [0, 0.05) is 22.7 Å². The number of nitrogens with one attached hydrogen (secondary N) is 1. The molecule has 0 unspecified atom stereocenters. The van der Waals surface area contributed by atoms with E-state index in [0.717, 1.165) is 0 Å². The van der Waals surface area contributed by atoms with Crippen molar-refractivity contribution in [2.24, 2.45) is 0 Å². The lowest BCUT2D eigenvalue weighted by atomic mass is 9.87. The largest absolute Gasteiger partial charge is 0.379 e. The van der Waals surface area contributed by atoms with Crippen LogP contribution in [0.1, 0.15) is 41.5 Å². The number of carbonyl (C=O) groups is 2. The van der Waals surface area contributed by atoms with Crippen molar-refractivity contribution >= 4 is 11.6 Å². The first-order chi connectivity index (χ1) is 8.02. The monoisotopic (exact) mass is 229 g/mol. The summed E-state index contributed by atoms with van der Waals surface area (Å²) in [7, 11) is 0. The van der Waals surface area contributed by atoms with Gasteiger partial charge in [0.15, 0.2) is 5.78 Å². The third kappa shape index (κ3) is 1.88. The van der Waals surface area contributed by atoms with Crippen LogP contribution in [0.3, 0.4) is 0 Å². The Bertz CT molecular complexity index is 527. The van der Waals surface area contributed by atoms with Crippen LogP contribution in [0, 0.1) is 0 Å². The summed E-state index contributed by atoms with van der Waals surface area (Å²) in [5, 5.41) is 3.06. The van der Waals surface area contributed by atoms with Crippen molar-refractivity contribution in [1.29, 1.82) is 0 Å². The van der Waals surface area contributed by atoms with Crippen LogP contribution >= 0.6 is 0 Å². The third-order valence-corrected chi connectivity index (χ3v) is 2.79. The molecule has 88 valence electrons. The van der Waals surface area contributed by atoms with Crippen molar-refractivity contribution in [3.8, 4) is 0 Å². The number of fused-ring (bicyclic) bond motifs is 1. The van der Waals surface area contributed by atoms with Crippen LogP contribution in [-0.4, -0.2) is 17.6 Å². The number of carbonyl (C=O) groups excluding carboxylic acids is 2. The number of Topliss-reactive ketones (excluding diaryl/α,β-unsaturated/α-hetero) is 2. The molecule has 2 rings (SSSR count). The summed E-state index contributed by atoms with van der Waals surface area (Å²) in [6, 6.07) is 7.08. The lowest BCUT2D eigenvalue weighted by Crippen LogP contribution is -2.33. The van der Waals surface area contributed by atoms with Crippen LogP contribution in [0.25, 0.3) is 0 Å². The fourth-order valence-electron chi connectivity index (χ4n) is 1.96. The van der Waals surface area contributed by atoms with Gasteiger partial charge in [0.05, 0.1) is 5.70 Å². The number of ketones is 2. The van der Waals surface area contributed by atoms with Crippen LogP contribution in [-0.2, 0) is 0 Å². The molecule has 1 N–H and O–H groups in total. The molecule has 17 heavy (non-hydrogen) atoms. The van der Waals surface area contributed by atoms with Gasteiger partial charge >= 0.3 is 0 Å². The van der Waals surface area contributed by atoms with E-state index in [1.54, 1.807) is 31.2 Å². The van der Waals surface area contributed by atoms with Gasteiger partial charge in [-0.2, -0.15) is 0 Å². The van der Waals surface area contributed by atoms with E-state index in [-0.39, 0.29) is 17.6 Å². The van der Waals surface area contributed by atoms with Crippen molar-refractivity contribution in [3.63, 3.8) is 0 Å². The average Bonchev–Trinajstić information content (AvgIpc) is 2.31. The number of rotatable bonds is 2. The Balaban J connectivity index is 2.54. The number of benzene rings is 1. The van der Waals surface area contributed by atoms with Crippen molar-refractivity contribution in [3.05, 3.63) is 46.7 Å². The van der Waals surface area contributed by atoms with Crippen molar-refractivity contribution in [2.45, 2.75) is 26.8 Å². The first kappa shape index (κ1) is 11.6. The van der Waals surface area contributed by atoms with Gasteiger partial charge in [-0.15, -0.1) is 0 Å². The van der Waals surface area contributed by atoms with Gasteiger partial charge in [0.1, 0.15) is 0 Å². The topological polar surface area (TPSA) is 46.2 Å². The first-order valence-electron chi connectivity index (χ1n) is 5.68. The lowest BCUT2D eigenvalue weighted by molar-refractivity contribution is 0.0967. The average molecular weight is 229 g/mol. The summed E-state index contributed by atoms with van der Waals surface area (Å²) in [5.41, 5.74) is 1.93. The highest BCUT2D eigenvalue weighted by molar-refractivity contribution is 6.26. The van der Waals surface area contributed by atoms with E-state index in [2.05, 4.69) is 5.32 Å². The molecule has 0 saturated heterocycles. The Kier molecular flexibility index (Phi) is 2.84. The quantitative estimate of drug-likeness (QED) is 0.846. The zero-order valence-electron chi connectivity index (χ0n) is 10.2. The second kappa shape index (κ2) is 4.17. The van der Waals surface area contributed by atoms with Crippen LogP contribution in [0.4, 0.5) is 0 Å². The molecule has 0 saturated carbocycles. The number of hydrogen-bond donors (Lipinski definition) is 1. The van der Waals surface area contributed by atoms with Crippen molar-refractivity contribution in [1.82, 2.24) is 5.32 Å². The Morgan fingerprint density at radius 1 is 1.00 bits per heavy atom. The fraction of sp³-hybridized carbons (Fsp3) is 0.286. The molecule has 0 amide bonds. The fourth-order valence-corrected chi connectivity index (χ4v) is 1.96. The molecule has 0 fully saturated rings. The molecular formula is C14H15NO2. The Labute approximate surface area is 101 Å². The Morgan fingerprint density at radius 2 is 1.53 bits per heavy atom. The molecule has 0 spiro atoms. The number of allylic oxidation sites excluding steroid dienone is 2. The molecule has 0 atom stereocenters. The van der Waals surface area contributed by atoms with Gasteiger partial charge in [0.2, 0.25) is 5.78 Å². The molecule has 1 aliphatic carbocycles. The zero-order chi connectivity index (χ0) is 12.6. The molecular weight excluding hydrogens is 214 g/mol. The first-order valence-corrected chi connectivity index (χ1v) is 5.68. The van der Waals surface area contributed by atoms with Crippen LogP contribution < -0.4 is 5.32 Å². The molecule has 0 aromatic heterocycles. The Morgan fingerprint density at radius 3 is 2.06 bits per heavy atom. The van der Waals surface area contributed by atoms with Crippen molar-refractivity contribution < 1.29 is 9.59 Å². The minimum Gasteiger partial charge on any atom is -0.379 e. The van der Waals surface area contributed by atoms with E-state index in [1.807, 2.05) is 13.8 Å². The van der Waals surface area contributed by atoms with Gasteiger partial charge in [-0.25, -0.2) is 0 Å². The molecule has 1 aromatic rings. The van der Waals surface area contributed by atoms with E-state index in [1.165, 1.54) is 0 Å². The summed E-state index contributed by atoms with van der Waals surface area (Å²) in [6.45, 7) is 5.58. The smallest absolute Gasteiger partial charge is 0.209 e. The molecule has 1 aliphatic rings. The maximum atomic E-state index is 12.2. The molecule has 0 heterocycles. The van der Waals surface area contributed by atoms with Crippen molar-refractivity contribution in [2.75, 3.05) is 0 Å². The van der Waals surface area contributed by atoms with Gasteiger partial charge < -0.3 is 5.32 Å². The molecule has 0 bridgehead atoms. The maximum Gasteiger partial charge on any atom is 0.209 e. The van der Waals surface area contributed by atoms with E-state index < -0.39 is 0 Å². The standard InChI is InChI=1S/C14H15NO2/c1-8(2)15-12-9(3)13(16)10-6-4-5-7-11(10)14(12)17/h4-8,15H,1-3H3. The third-order valence-electron chi connectivity index (χ3n) is 2.79. The van der Waals surface area contributed by atoms with E-state index >= 15 is 0 Å². The SMILES string of the molecule is CC1=C(NC(C)C)C(=O)c2ccccc2C1=O. The highest BCUT2D eigenvalue weighted by atomic mass is 16.1. The molecule has 1 aromatic carbocycles. The summed E-state index contributed by atoms with van der Waals surface area (Å²) in [6.07, 6.45) is 0. The van der Waals surface area contributed by atoms with Gasteiger partial charge in [-0.3, -0.25) is 9.59 Å². The van der Waals surface area contributed by atoms with Gasteiger partial charge in [-0.05, 0) is 20.8 Å². The second-order valence-corrected chi connectivity index (χ2v) is 4.50. The predicted octanol–water partition coefficient (Wildman–Crippen LogP) is 2.34. The van der Waals surface area contributed by atoms with E-state index in [0.29, 0.717) is 22.4 Å². The minimum absolute atomic E-state index is 0.0663. The normalized spacial score (nSPS) is 15.3. The highest BCUT2D eigenvalue weighted by Gasteiger charge is 2.29. The van der Waals surface area contributed by atoms with Gasteiger partial charge in [-0.1, -0.05) is 24.3 Å². The van der Waals surface area contributed by atoms with Crippen LogP contribution in [0.2, 0.25) is 0 Å². The number of hydrogen-bond acceptors (Lipinski definition) is 3. The summed E-state index contributed by atoms with van der Waals surface area (Å²) >= 11 is 0. The minimum atomic E-state index is -0.0913. The predicted molar refractivity (Wildman–Crippen MR) is 66.1 cm³/mol. The zero-order valence-corrected chi connectivity index (χ0v) is 10.2. The Hall–Kier alpha value is -1.90. The van der Waals surface area contributed by atoms with Crippen LogP contribution in [0.5, 0.6) is 0 Å². The summed E-state index contributed by atoms with van der Waals surface area (Å²) < 4.78 is 0. The lowest BCUT2D eigenvalue weighted by Gasteiger charge is -2.21. The molecule has 0 radical (unpaired) electrons. The second-order valence-electron chi connectivity index (χ2n) is 4.50. The van der Waals surface area contributed by atoms with E-state index in [9.17, 15) is 9.59 Å². The summed E-state index contributed by atoms with van der Waals surface area (Å²) in [5.74, 6) is -0.158. The van der Waals surface area contributed by atoms with Gasteiger partial charge in [0.25, 0.3) is 0 Å². The highest BCUT2D eigenvalue weighted by Crippen LogP contribution is 2.24. The van der Waals surface area contributed by atoms with Crippen LogP contribution in [0.15, 0.2) is 35.5 Å². The molecule has 3 heteroatoms. The molecule has 3 nitrogen and oxygen atoms in total. The molecule has 0 aliphatic heterocycles. The van der Waals surface area contributed by atoms with E-state index in [4.69, 9.17) is 0 Å².